The molecular formula is C24H47AlO2. The highest BCUT2D eigenvalue weighted by atomic mass is 27.2. The fourth-order valence-electron chi connectivity index (χ4n) is 5.09. The van der Waals surface area contributed by atoms with Crippen LogP contribution < -0.4 is 0 Å². The number of rotatable bonds is 6. The van der Waals surface area contributed by atoms with Crippen molar-refractivity contribution in [1.29, 1.82) is 0 Å². The van der Waals surface area contributed by atoms with Crippen molar-refractivity contribution in [2.24, 2.45) is 28.6 Å². The summed E-state index contributed by atoms with van der Waals surface area (Å²) in [6.07, 6.45) is 11.2. The molecule has 2 aliphatic rings. The highest BCUT2D eigenvalue weighted by Gasteiger charge is 2.37. The molecule has 2 aliphatic carbocycles. The Morgan fingerprint density at radius 2 is 1.00 bits per heavy atom. The topological polar surface area (TPSA) is 18.5 Å². The summed E-state index contributed by atoms with van der Waals surface area (Å²) in [5, 5.41) is 1.17. The minimum Gasteiger partial charge on any atom is -0.476 e. The molecule has 0 N–H and O–H groups in total. The van der Waals surface area contributed by atoms with Gasteiger partial charge in [-0.3, -0.25) is 0 Å². The zero-order valence-electron chi connectivity index (χ0n) is 19.6. The van der Waals surface area contributed by atoms with Crippen molar-refractivity contribution in [1.82, 2.24) is 0 Å². The van der Waals surface area contributed by atoms with E-state index in [4.69, 9.17) is 7.58 Å². The maximum Gasteiger partial charge on any atom is 0.675 e. The summed E-state index contributed by atoms with van der Waals surface area (Å²) in [5.74, 6) is 2.39. The monoisotopic (exact) mass is 394 g/mol. The van der Waals surface area contributed by atoms with Crippen LogP contribution in [-0.4, -0.2) is 27.0 Å². The van der Waals surface area contributed by atoms with Crippen LogP contribution in [0.1, 0.15) is 107 Å². The second kappa shape index (κ2) is 9.97. The molecule has 2 rings (SSSR count). The molecule has 0 aromatic carbocycles. The van der Waals surface area contributed by atoms with Crippen LogP contribution in [0, 0.1) is 28.6 Å². The molecule has 2 fully saturated rings. The Morgan fingerprint density at radius 1 is 0.667 bits per heavy atom. The summed E-state index contributed by atoms with van der Waals surface area (Å²) in [5.41, 5.74) is 0.893. The first-order valence-corrected chi connectivity index (χ1v) is 13.5. The SMILES string of the molecule is CC(C)[CH2][Al]([O]C1CCC(C(C)(C)C)CC1)[O]C1CCC(C(C)(C)C)CC1. The zero-order chi connectivity index (χ0) is 20.2. The fourth-order valence-corrected chi connectivity index (χ4v) is 7.55. The van der Waals surface area contributed by atoms with Crippen LogP contribution in [0.2, 0.25) is 5.28 Å². The molecule has 0 heterocycles. The van der Waals surface area contributed by atoms with Gasteiger partial charge in [0, 0.05) is 12.2 Å². The van der Waals surface area contributed by atoms with Crippen LogP contribution in [0.5, 0.6) is 0 Å². The van der Waals surface area contributed by atoms with E-state index >= 15 is 0 Å². The highest BCUT2D eigenvalue weighted by molar-refractivity contribution is 6.44. The van der Waals surface area contributed by atoms with Crippen LogP contribution >= 0.6 is 0 Å². The maximum atomic E-state index is 6.68. The summed E-state index contributed by atoms with van der Waals surface area (Å²) in [4.78, 5) is 0. The van der Waals surface area contributed by atoms with Gasteiger partial charge in [0.05, 0.1) is 0 Å². The van der Waals surface area contributed by atoms with Crippen LogP contribution in [0.3, 0.4) is 0 Å². The average Bonchev–Trinajstić information content (AvgIpc) is 2.53. The Morgan fingerprint density at radius 3 is 1.26 bits per heavy atom. The lowest BCUT2D eigenvalue weighted by atomic mass is 9.72. The van der Waals surface area contributed by atoms with Crippen molar-refractivity contribution in [2.45, 2.75) is 124 Å². The summed E-state index contributed by atoms with van der Waals surface area (Å²) in [6.45, 7) is 19.0. The van der Waals surface area contributed by atoms with Crippen molar-refractivity contribution in [2.75, 3.05) is 0 Å². The standard InChI is InChI=1S/2C10H19O.C4H9.Al/c2*1-10(2,3)8-4-6-9(11)7-5-8;1-4(2)3;/h2*8-9H,4-7H2,1-3H3;4H,1H2,2-3H3;/q2*-1;;+2. The first-order valence-electron chi connectivity index (χ1n) is 11.8. The first-order chi connectivity index (χ1) is 12.4. The lowest BCUT2D eigenvalue weighted by molar-refractivity contribution is 0.0301. The molecule has 0 aromatic rings. The molecule has 0 saturated heterocycles. The largest absolute Gasteiger partial charge is 0.675 e. The van der Waals surface area contributed by atoms with Crippen molar-refractivity contribution in [3.63, 3.8) is 0 Å². The van der Waals surface area contributed by atoms with E-state index in [2.05, 4.69) is 55.4 Å². The van der Waals surface area contributed by atoms with Crippen molar-refractivity contribution < 1.29 is 7.58 Å². The average molecular weight is 395 g/mol. The third kappa shape index (κ3) is 8.00. The van der Waals surface area contributed by atoms with Crippen molar-refractivity contribution in [3.05, 3.63) is 0 Å². The smallest absolute Gasteiger partial charge is 0.476 e. The first kappa shape index (κ1) is 23.7. The minimum atomic E-state index is -1.56. The van der Waals surface area contributed by atoms with Gasteiger partial charge in [0.2, 0.25) is 0 Å². The Labute approximate surface area is 175 Å². The quantitative estimate of drug-likeness (QED) is 0.438. The highest BCUT2D eigenvalue weighted by Crippen LogP contribution is 2.40. The summed E-state index contributed by atoms with van der Waals surface area (Å²) in [7, 11) is 0. The molecule has 0 unspecified atom stereocenters. The van der Waals surface area contributed by atoms with Gasteiger partial charge in [0.15, 0.2) is 0 Å². The Bertz CT molecular complexity index is 383. The molecule has 0 radical (unpaired) electrons. The molecule has 0 amide bonds. The normalized spacial score (nSPS) is 30.6. The van der Waals surface area contributed by atoms with Crippen molar-refractivity contribution >= 4 is 14.8 Å². The van der Waals surface area contributed by atoms with Crippen LogP contribution in [0.15, 0.2) is 0 Å². The Balaban J connectivity index is 1.82. The van der Waals surface area contributed by atoms with Gasteiger partial charge < -0.3 is 7.58 Å². The van der Waals surface area contributed by atoms with Crippen molar-refractivity contribution in [3.8, 4) is 0 Å². The number of hydrogen-bond acceptors (Lipinski definition) is 2. The predicted molar refractivity (Wildman–Crippen MR) is 118 cm³/mol. The lowest BCUT2D eigenvalue weighted by Crippen LogP contribution is -2.38. The van der Waals surface area contributed by atoms with Crippen LogP contribution in [0.25, 0.3) is 0 Å². The van der Waals surface area contributed by atoms with E-state index in [1.54, 1.807) is 0 Å². The van der Waals surface area contributed by atoms with Gasteiger partial charge in [-0.1, -0.05) is 61.3 Å². The summed E-state index contributed by atoms with van der Waals surface area (Å²) in [6, 6.07) is 0. The van der Waals surface area contributed by atoms with E-state index in [9.17, 15) is 0 Å². The molecule has 27 heavy (non-hydrogen) atoms. The predicted octanol–water partition coefficient (Wildman–Crippen LogP) is 7.37. The molecular weight excluding hydrogens is 347 g/mol. The summed E-state index contributed by atoms with van der Waals surface area (Å²) >= 11 is -1.56. The van der Waals surface area contributed by atoms with E-state index in [1.165, 1.54) is 56.6 Å². The molecule has 2 nitrogen and oxygen atoms in total. The molecule has 2 saturated carbocycles. The fraction of sp³-hybridized carbons (Fsp3) is 1.00. The third-order valence-electron chi connectivity index (χ3n) is 7.15. The number of hydrogen-bond donors (Lipinski definition) is 0. The van der Waals surface area contributed by atoms with Gasteiger partial charge in [-0.25, -0.2) is 0 Å². The van der Waals surface area contributed by atoms with Crippen LogP contribution in [-0.2, 0) is 7.58 Å². The van der Waals surface area contributed by atoms with Gasteiger partial charge in [-0.2, -0.15) is 0 Å². The van der Waals surface area contributed by atoms with Crippen LogP contribution in [0.4, 0.5) is 0 Å². The second-order valence-corrected chi connectivity index (χ2v) is 13.9. The Hall–Kier alpha value is 0.452. The third-order valence-corrected chi connectivity index (χ3v) is 9.85. The van der Waals surface area contributed by atoms with Gasteiger partial charge in [0.25, 0.3) is 0 Å². The molecule has 0 aliphatic heterocycles. The van der Waals surface area contributed by atoms with Gasteiger partial charge in [0.1, 0.15) is 0 Å². The van der Waals surface area contributed by atoms with Gasteiger partial charge in [-0.05, 0) is 79.3 Å². The molecule has 0 bridgehead atoms. The molecule has 0 spiro atoms. The minimum absolute atomic E-state index is 0.446. The summed E-state index contributed by atoms with van der Waals surface area (Å²) < 4.78 is 13.4. The molecule has 0 atom stereocenters. The van der Waals surface area contributed by atoms with E-state index in [1.807, 2.05) is 0 Å². The zero-order valence-corrected chi connectivity index (χ0v) is 20.8. The lowest BCUT2D eigenvalue weighted by Gasteiger charge is -2.39. The maximum absolute atomic E-state index is 6.68. The van der Waals surface area contributed by atoms with E-state index in [0.717, 1.165) is 11.8 Å². The van der Waals surface area contributed by atoms with E-state index in [0.29, 0.717) is 29.0 Å². The molecule has 3 heteroatoms. The second-order valence-electron chi connectivity index (χ2n) is 12.0. The van der Waals surface area contributed by atoms with Gasteiger partial charge in [-0.15, -0.1) is 0 Å². The molecule has 158 valence electrons. The van der Waals surface area contributed by atoms with E-state index < -0.39 is 14.8 Å². The van der Waals surface area contributed by atoms with E-state index in [-0.39, 0.29) is 0 Å². The molecule has 0 aromatic heterocycles. The Kier molecular flexibility index (Phi) is 8.76. The van der Waals surface area contributed by atoms with Gasteiger partial charge >= 0.3 is 14.8 Å².